The number of alkyl halides is 2. The van der Waals surface area contributed by atoms with Crippen molar-refractivity contribution in [3.63, 3.8) is 0 Å². The lowest BCUT2D eigenvalue weighted by Crippen LogP contribution is -1.86. The number of hydrogen-bond donors (Lipinski definition) is 0. The van der Waals surface area contributed by atoms with Crippen molar-refractivity contribution in [2.75, 3.05) is 0 Å². The summed E-state index contributed by atoms with van der Waals surface area (Å²) in [6, 6.07) is 14.6. The van der Waals surface area contributed by atoms with E-state index < -0.39 is 0 Å². The standard InChI is InChI=1S/C13H9Br2F/c14-13(15)10-5-3-4-9(8-10)11-6-1-2-7-12(11)16/h1-8,13H. The lowest BCUT2D eigenvalue weighted by atomic mass is 10.0. The minimum absolute atomic E-state index is 0.0896. The van der Waals surface area contributed by atoms with Gasteiger partial charge in [-0.2, -0.15) is 0 Å². The molecular weight excluding hydrogens is 335 g/mol. The average Bonchev–Trinajstić information content (AvgIpc) is 2.30. The third kappa shape index (κ3) is 2.53. The molecule has 82 valence electrons. The summed E-state index contributed by atoms with van der Waals surface area (Å²) in [6.07, 6.45) is 0. The molecule has 0 bridgehead atoms. The predicted molar refractivity (Wildman–Crippen MR) is 72.4 cm³/mol. The molecule has 0 N–H and O–H groups in total. The van der Waals surface area contributed by atoms with Gasteiger partial charge in [0.25, 0.3) is 0 Å². The molecule has 2 aromatic carbocycles. The summed E-state index contributed by atoms with van der Waals surface area (Å²) in [5, 5.41) is 0. The highest BCUT2D eigenvalue weighted by atomic mass is 79.9. The minimum Gasteiger partial charge on any atom is -0.206 e. The van der Waals surface area contributed by atoms with Crippen LogP contribution in [0.25, 0.3) is 11.1 Å². The molecule has 16 heavy (non-hydrogen) atoms. The summed E-state index contributed by atoms with van der Waals surface area (Å²) in [5.41, 5.74) is 2.59. The van der Waals surface area contributed by atoms with E-state index in [1.54, 1.807) is 12.1 Å². The summed E-state index contributed by atoms with van der Waals surface area (Å²) in [6.45, 7) is 0. The highest BCUT2D eigenvalue weighted by Gasteiger charge is 2.07. The van der Waals surface area contributed by atoms with Crippen LogP contribution in [-0.4, -0.2) is 0 Å². The Morgan fingerprint density at radius 2 is 1.69 bits per heavy atom. The predicted octanol–water partition coefficient (Wildman–Crippen LogP) is 5.28. The lowest BCUT2D eigenvalue weighted by Gasteiger charge is -2.07. The Hall–Kier alpha value is -0.670. The number of halogens is 3. The molecule has 0 spiro atoms. The summed E-state index contributed by atoms with van der Waals surface area (Å²) >= 11 is 6.86. The summed E-state index contributed by atoms with van der Waals surface area (Å²) in [7, 11) is 0. The Kier molecular flexibility index (Phi) is 3.77. The van der Waals surface area contributed by atoms with Crippen molar-refractivity contribution in [1.29, 1.82) is 0 Å². The van der Waals surface area contributed by atoms with E-state index in [4.69, 9.17) is 0 Å². The van der Waals surface area contributed by atoms with Crippen LogP contribution in [0, 0.1) is 5.82 Å². The number of rotatable bonds is 2. The Morgan fingerprint density at radius 1 is 0.938 bits per heavy atom. The highest BCUT2D eigenvalue weighted by Crippen LogP contribution is 2.32. The molecule has 0 nitrogen and oxygen atoms in total. The minimum atomic E-state index is -0.194. The molecule has 0 fully saturated rings. The van der Waals surface area contributed by atoms with Crippen molar-refractivity contribution in [3.05, 3.63) is 59.9 Å². The molecule has 0 amide bonds. The maximum absolute atomic E-state index is 13.6. The summed E-state index contributed by atoms with van der Waals surface area (Å²) in [4.78, 5) is 0. The third-order valence-electron chi connectivity index (χ3n) is 2.32. The van der Waals surface area contributed by atoms with Crippen LogP contribution in [0.3, 0.4) is 0 Å². The first-order valence-corrected chi connectivity index (χ1v) is 6.64. The van der Waals surface area contributed by atoms with Crippen LogP contribution >= 0.6 is 31.9 Å². The summed E-state index contributed by atoms with van der Waals surface area (Å²) in [5.74, 6) is -0.194. The van der Waals surface area contributed by atoms with E-state index in [9.17, 15) is 4.39 Å². The van der Waals surface area contributed by atoms with Gasteiger partial charge in [-0.1, -0.05) is 68.3 Å². The molecule has 0 aliphatic rings. The van der Waals surface area contributed by atoms with Crippen molar-refractivity contribution in [1.82, 2.24) is 0 Å². The van der Waals surface area contributed by atoms with Crippen LogP contribution < -0.4 is 0 Å². The molecule has 0 saturated carbocycles. The van der Waals surface area contributed by atoms with E-state index in [2.05, 4.69) is 31.9 Å². The number of hydrogen-bond acceptors (Lipinski definition) is 0. The molecule has 0 aliphatic heterocycles. The van der Waals surface area contributed by atoms with E-state index in [0.717, 1.165) is 11.1 Å². The van der Waals surface area contributed by atoms with Crippen molar-refractivity contribution in [3.8, 4) is 11.1 Å². The van der Waals surface area contributed by atoms with Gasteiger partial charge in [0.05, 0.1) is 3.74 Å². The smallest absolute Gasteiger partial charge is 0.131 e. The SMILES string of the molecule is Fc1ccccc1-c1cccc(C(Br)Br)c1. The summed E-state index contributed by atoms with van der Waals surface area (Å²) < 4.78 is 13.7. The first-order chi connectivity index (χ1) is 7.68. The fourth-order valence-electron chi connectivity index (χ4n) is 1.54. The van der Waals surface area contributed by atoms with E-state index in [-0.39, 0.29) is 9.55 Å². The van der Waals surface area contributed by atoms with Gasteiger partial charge in [0.15, 0.2) is 0 Å². The van der Waals surface area contributed by atoms with Crippen molar-refractivity contribution in [2.45, 2.75) is 3.74 Å². The molecule has 0 radical (unpaired) electrons. The first kappa shape index (κ1) is 11.8. The second-order valence-electron chi connectivity index (χ2n) is 3.41. The molecule has 3 heteroatoms. The highest BCUT2D eigenvalue weighted by molar-refractivity contribution is 9.24. The van der Waals surface area contributed by atoms with Crippen LogP contribution in [0.5, 0.6) is 0 Å². The van der Waals surface area contributed by atoms with Gasteiger partial charge in [-0.05, 0) is 23.3 Å². The normalized spacial score (nSPS) is 10.8. The molecule has 0 aliphatic carbocycles. The molecule has 2 aromatic rings. The van der Waals surface area contributed by atoms with Gasteiger partial charge in [0.1, 0.15) is 5.82 Å². The van der Waals surface area contributed by atoms with Gasteiger partial charge in [-0.3, -0.25) is 0 Å². The van der Waals surface area contributed by atoms with Gasteiger partial charge in [-0.25, -0.2) is 4.39 Å². The van der Waals surface area contributed by atoms with E-state index in [1.165, 1.54) is 6.07 Å². The zero-order chi connectivity index (χ0) is 11.5. The fourth-order valence-corrected chi connectivity index (χ4v) is 2.11. The van der Waals surface area contributed by atoms with E-state index >= 15 is 0 Å². The van der Waals surface area contributed by atoms with Gasteiger partial charge in [0.2, 0.25) is 0 Å². The van der Waals surface area contributed by atoms with Crippen LogP contribution in [-0.2, 0) is 0 Å². The topological polar surface area (TPSA) is 0 Å². The Balaban J connectivity index is 2.49. The van der Waals surface area contributed by atoms with Gasteiger partial charge in [0, 0.05) is 5.56 Å². The molecule has 2 rings (SSSR count). The lowest BCUT2D eigenvalue weighted by molar-refractivity contribution is 0.631. The second-order valence-corrected chi connectivity index (χ2v) is 6.47. The Morgan fingerprint density at radius 3 is 2.38 bits per heavy atom. The monoisotopic (exact) mass is 342 g/mol. The zero-order valence-electron chi connectivity index (χ0n) is 8.33. The zero-order valence-corrected chi connectivity index (χ0v) is 11.5. The maximum atomic E-state index is 13.6. The van der Waals surface area contributed by atoms with Crippen LogP contribution in [0.15, 0.2) is 48.5 Å². The van der Waals surface area contributed by atoms with Crippen LogP contribution in [0.1, 0.15) is 9.30 Å². The molecule has 0 aromatic heterocycles. The van der Waals surface area contributed by atoms with Gasteiger partial charge >= 0.3 is 0 Å². The first-order valence-electron chi connectivity index (χ1n) is 4.81. The van der Waals surface area contributed by atoms with Gasteiger partial charge < -0.3 is 0 Å². The van der Waals surface area contributed by atoms with Crippen molar-refractivity contribution < 1.29 is 4.39 Å². The van der Waals surface area contributed by atoms with Gasteiger partial charge in [-0.15, -0.1) is 0 Å². The fraction of sp³-hybridized carbons (Fsp3) is 0.0769. The van der Waals surface area contributed by atoms with E-state index in [0.29, 0.717) is 5.56 Å². The molecule has 0 saturated heterocycles. The average molecular weight is 344 g/mol. The molecule has 0 atom stereocenters. The van der Waals surface area contributed by atoms with Crippen LogP contribution in [0.2, 0.25) is 0 Å². The largest absolute Gasteiger partial charge is 0.206 e. The molecule has 0 heterocycles. The number of benzene rings is 2. The van der Waals surface area contributed by atoms with Crippen molar-refractivity contribution >= 4 is 31.9 Å². The quantitative estimate of drug-likeness (QED) is 0.650. The molecular formula is C13H9Br2F. The van der Waals surface area contributed by atoms with Crippen molar-refractivity contribution in [2.24, 2.45) is 0 Å². The van der Waals surface area contributed by atoms with Crippen LogP contribution in [0.4, 0.5) is 4.39 Å². The molecule has 0 unspecified atom stereocenters. The van der Waals surface area contributed by atoms with E-state index in [1.807, 2.05) is 30.3 Å². The Labute approximate surface area is 111 Å². The second kappa shape index (κ2) is 5.11. The maximum Gasteiger partial charge on any atom is 0.131 e. The Bertz CT molecular complexity index is 495. The third-order valence-corrected chi connectivity index (χ3v) is 3.38.